The van der Waals surface area contributed by atoms with Crippen LogP contribution in [0, 0.1) is 0 Å². The summed E-state index contributed by atoms with van der Waals surface area (Å²) in [5, 5.41) is 6.16. The Morgan fingerprint density at radius 1 is 1.53 bits per heavy atom. The summed E-state index contributed by atoms with van der Waals surface area (Å²) in [6, 6.07) is 7.86. The highest BCUT2D eigenvalue weighted by Gasteiger charge is 2.19. The van der Waals surface area contributed by atoms with Crippen LogP contribution in [0.3, 0.4) is 0 Å². The van der Waals surface area contributed by atoms with E-state index < -0.39 is 0 Å². The zero-order valence-electron chi connectivity index (χ0n) is 8.49. The lowest BCUT2D eigenvalue weighted by Gasteiger charge is -2.12. The number of hydrogen-bond acceptors (Lipinski definition) is 3. The van der Waals surface area contributed by atoms with Crippen LogP contribution < -0.4 is 16.4 Å². The van der Waals surface area contributed by atoms with Crippen molar-refractivity contribution in [1.82, 2.24) is 5.32 Å². The molecule has 1 aromatic rings. The van der Waals surface area contributed by atoms with Gasteiger partial charge in [-0.2, -0.15) is 0 Å². The number of hydrogen-bond donors (Lipinski definition) is 3. The molecule has 0 radical (unpaired) electrons. The van der Waals surface area contributed by atoms with E-state index in [4.69, 9.17) is 5.73 Å². The van der Waals surface area contributed by atoms with Gasteiger partial charge in [0.1, 0.15) is 0 Å². The average Bonchev–Trinajstić information content (AvgIpc) is 2.62. The molecule has 4 nitrogen and oxygen atoms in total. The molecular formula is C11H15N3O. The van der Waals surface area contributed by atoms with Gasteiger partial charge in [-0.1, -0.05) is 6.07 Å². The highest BCUT2D eigenvalue weighted by Crippen LogP contribution is 2.13. The molecule has 80 valence electrons. The van der Waals surface area contributed by atoms with Gasteiger partial charge in [0.05, 0.1) is 0 Å². The van der Waals surface area contributed by atoms with Crippen LogP contribution in [0.25, 0.3) is 0 Å². The van der Waals surface area contributed by atoms with Crippen LogP contribution in [0.1, 0.15) is 12.8 Å². The number of benzene rings is 1. The number of nitrogen functional groups attached to an aromatic ring is 1. The Hall–Kier alpha value is -1.71. The smallest absolute Gasteiger partial charge is 0.220 e. The predicted molar refractivity (Wildman–Crippen MR) is 60.5 cm³/mol. The summed E-state index contributed by atoms with van der Waals surface area (Å²) in [6.45, 7) is 0.759. The number of nitrogens with one attached hydrogen (secondary N) is 2. The predicted octanol–water partition coefficient (Wildman–Crippen LogP) is 0.959. The van der Waals surface area contributed by atoms with Crippen molar-refractivity contribution in [3.63, 3.8) is 0 Å². The first-order valence-corrected chi connectivity index (χ1v) is 5.13. The Kier molecular flexibility index (Phi) is 2.76. The van der Waals surface area contributed by atoms with Crippen molar-refractivity contribution < 1.29 is 4.79 Å². The van der Waals surface area contributed by atoms with Crippen LogP contribution in [0.2, 0.25) is 0 Å². The lowest BCUT2D eigenvalue weighted by Crippen LogP contribution is -2.31. The molecule has 1 fully saturated rings. The number of carbonyl (C=O) groups is 1. The quantitative estimate of drug-likeness (QED) is 0.644. The first-order chi connectivity index (χ1) is 7.24. The van der Waals surface area contributed by atoms with E-state index in [1.807, 2.05) is 24.3 Å². The minimum absolute atomic E-state index is 0.148. The average molecular weight is 205 g/mol. The molecule has 15 heavy (non-hydrogen) atoms. The molecule has 0 bridgehead atoms. The lowest BCUT2D eigenvalue weighted by atomic mass is 10.2. The third-order valence-corrected chi connectivity index (χ3v) is 2.52. The minimum Gasteiger partial charge on any atom is -0.399 e. The summed E-state index contributed by atoms with van der Waals surface area (Å²) in [5.41, 5.74) is 7.40. The van der Waals surface area contributed by atoms with Gasteiger partial charge in [-0.15, -0.1) is 0 Å². The zero-order valence-corrected chi connectivity index (χ0v) is 8.49. The standard InChI is InChI=1S/C11H15N3O/c12-8-2-1-3-9(6-8)13-7-10-4-5-11(15)14-10/h1-3,6,10,13H,4-5,7,12H2,(H,14,15). The molecule has 1 aliphatic rings. The van der Waals surface area contributed by atoms with Gasteiger partial charge in [0.25, 0.3) is 0 Å². The number of nitrogens with two attached hydrogens (primary N) is 1. The molecule has 1 heterocycles. The Morgan fingerprint density at radius 2 is 2.40 bits per heavy atom. The monoisotopic (exact) mass is 205 g/mol. The summed E-state index contributed by atoms with van der Waals surface area (Å²) in [6.07, 6.45) is 1.55. The molecule has 2 rings (SSSR count). The third-order valence-electron chi connectivity index (χ3n) is 2.52. The van der Waals surface area contributed by atoms with Gasteiger partial charge in [0.2, 0.25) is 5.91 Å². The number of anilines is 2. The topological polar surface area (TPSA) is 67.1 Å². The maximum Gasteiger partial charge on any atom is 0.220 e. The van der Waals surface area contributed by atoms with E-state index in [2.05, 4.69) is 10.6 Å². The minimum atomic E-state index is 0.148. The largest absolute Gasteiger partial charge is 0.399 e. The van der Waals surface area contributed by atoms with Crippen molar-refractivity contribution in [2.75, 3.05) is 17.6 Å². The van der Waals surface area contributed by atoms with Crippen LogP contribution in [0.4, 0.5) is 11.4 Å². The fraction of sp³-hybridized carbons (Fsp3) is 0.364. The van der Waals surface area contributed by atoms with Crippen molar-refractivity contribution >= 4 is 17.3 Å². The van der Waals surface area contributed by atoms with E-state index in [-0.39, 0.29) is 11.9 Å². The van der Waals surface area contributed by atoms with E-state index in [0.717, 1.165) is 24.3 Å². The number of carbonyl (C=O) groups excluding carboxylic acids is 1. The van der Waals surface area contributed by atoms with Crippen LogP contribution in [0.5, 0.6) is 0 Å². The molecule has 1 amide bonds. The third kappa shape index (κ3) is 2.62. The van der Waals surface area contributed by atoms with Crippen molar-refractivity contribution in [3.8, 4) is 0 Å². The second kappa shape index (κ2) is 4.21. The maximum atomic E-state index is 11.0. The molecule has 1 unspecified atom stereocenters. The van der Waals surface area contributed by atoms with Crippen LogP contribution >= 0.6 is 0 Å². The first-order valence-electron chi connectivity index (χ1n) is 5.13. The molecule has 1 atom stereocenters. The normalized spacial score (nSPS) is 20.0. The van der Waals surface area contributed by atoms with Gasteiger partial charge in [-0.05, 0) is 24.6 Å². The first kappa shape index (κ1) is 9.83. The second-order valence-electron chi connectivity index (χ2n) is 3.81. The van der Waals surface area contributed by atoms with Crippen LogP contribution in [0.15, 0.2) is 24.3 Å². The van der Waals surface area contributed by atoms with Crippen molar-refractivity contribution in [2.24, 2.45) is 0 Å². The van der Waals surface area contributed by atoms with E-state index in [0.29, 0.717) is 6.42 Å². The highest BCUT2D eigenvalue weighted by molar-refractivity contribution is 5.78. The van der Waals surface area contributed by atoms with E-state index in [1.165, 1.54) is 0 Å². The SMILES string of the molecule is Nc1cccc(NCC2CCC(=O)N2)c1. The fourth-order valence-electron chi connectivity index (χ4n) is 1.72. The van der Waals surface area contributed by atoms with Crippen molar-refractivity contribution in [3.05, 3.63) is 24.3 Å². The summed E-state index contributed by atoms with van der Waals surface area (Å²) in [4.78, 5) is 11.0. The Morgan fingerprint density at radius 3 is 3.07 bits per heavy atom. The van der Waals surface area contributed by atoms with Gasteiger partial charge in [0, 0.05) is 30.4 Å². The summed E-state index contributed by atoms with van der Waals surface area (Å²) in [7, 11) is 0. The van der Waals surface area contributed by atoms with Gasteiger partial charge < -0.3 is 16.4 Å². The molecule has 0 saturated carbocycles. The van der Waals surface area contributed by atoms with E-state index in [9.17, 15) is 4.79 Å². The van der Waals surface area contributed by atoms with Crippen LogP contribution in [-0.2, 0) is 4.79 Å². The molecule has 0 spiro atoms. The van der Waals surface area contributed by atoms with E-state index >= 15 is 0 Å². The molecule has 4 heteroatoms. The molecule has 4 N–H and O–H groups in total. The van der Waals surface area contributed by atoms with E-state index in [1.54, 1.807) is 0 Å². The number of amides is 1. The number of rotatable bonds is 3. The molecular weight excluding hydrogens is 190 g/mol. The van der Waals surface area contributed by atoms with Gasteiger partial charge >= 0.3 is 0 Å². The molecule has 0 aliphatic carbocycles. The summed E-state index contributed by atoms with van der Waals surface area (Å²) >= 11 is 0. The van der Waals surface area contributed by atoms with Crippen molar-refractivity contribution in [1.29, 1.82) is 0 Å². The zero-order chi connectivity index (χ0) is 10.7. The van der Waals surface area contributed by atoms with Gasteiger partial charge in [-0.25, -0.2) is 0 Å². The summed E-state index contributed by atoms with van der Waals surface area (Å²) < 4.78 is 0. The van der Waals surface area contributed by atoms with Crippen LogP contribution in [-0.4, -0.2) is 18.5 Å². The lowest BCUT2D eigenvalue weighted by molar-refractivity contribution is -0.119. The Bertz CT molecular complexity index is 365. The van der Waals surface area contributed by atoms with Crippen molar-refractivity contribution in [2.45, 2.75) is 18.9 Å². The maximum absolute atomic E-state index is 11.0. The molecule has 0 aromatic heterocycles. The summed E-state index contributed by atoms with van der Waals surface area (Å²) in [5.74, 6) is 0.148. The van der Waals surface area contributed by atoms with Gasteiger partial charge in [0.15, 0.2) is 0 Å². The molecule has 1 aromatic carbocycles. The Balaban J connectivity index is 1.85. The highest BCUT2D eigenvalue weighted by atomic mass is 16.1. The second-order valence-corrected chi connectivity index (χ2v) is 3.81. The molecule has 1 saturated heterocycles. The molecule has 1 aliphatic heterocycles. The van der Waals surface area contributed by atoms with Gasteiger partial charge in [-0.3, -0.25) is 4.79 Å². The fourth-order valence-corrected chi connectivity index (χ4v) is 1.72. The Labute approximate surface area is 88.9 Å².